The maximum atomic E-state index is 11.6. The average Bonchev–Trinajstić information content (AvgIpc) is 2.35. The van der Waals surface area contributed by atoms with Gasteiger partial charge in [-0.15, -0.1) is 0 Å². The zero-order valence-electron chi connectivity index (χ0n) is 10.7. The van der Waals surface area contributed by atoms with Crippen molar-refractivity contribution in [1.29, 1.82) is 5.26 Å². The van der Waals surface area contributed by atoms with Crippen molar-refractivity contribution in [2.45, 2.75) is 13.8 Å². The minimum atomic E-state index is -0.519. The normalized spacial score (nSPS) is 10.6. The van der Waals surface area contributed by atoms with Gasteiger partial charge in [-0.05, 0) is 32.0 Å². The van der Waals surface area contributed by atoms with Gasteiger partial charge in [0.1, 0.15) is 6.07 Å². The van der Waals surface area contributed by atoms with E-state index in [4.69, 9.17) is 16.9 Å². The SMILES string of the molecule is CNC(=O)C(C)(C)CNc1ccc(C#N)c(Cl)c1. The first-order valence-electron chi connectivity index (χ1n) is 5.56. The van der Waals surface area contributed by atoms with Crippen molar-refractivity contribution >= 4 is 23.2 Å². The molecule has 0 aliphatic heterocycles. The predicted molar refractivity (Wildman–Crippen MR) is 72.5 cm³/mol. The lowest BCUT2D eigenvalue weighted by atomic mass is 9.92. The number of carbonyl (C=O) groups excluding carboxylic acids is 1. The summed E-state index contributed by atoms with van der Waals surface area (Å²) in [6.07, 6.45) is 0. The zero-order chi connectivity index (χ0) is 13.8. The molecule has 0 spiro atoms. The van der Waals surface area contributed by atoms with Crippen molar-refractivity contribution in [2.75, 3.05) is 18.9 Å². The largest absolute Gasteiger partial charge is 0.384 e. The number of halogens is 1. The smallest absolute Gasteiger partial charge is 0.227 e. The van der Waals surface area contributed by atoms with Gasteiger partial charge in [0, 0.05) is 19.3 Å². The number of nitriles is 1. The Balaban J connectivity index is 2.73. The number of hydrogen-bond donors (Lipinski definition) is 2. The Labute approximate surface area is 112 Å². The first-order valence-corrected chi connectivity index (χ1v) is 5.94. The molecule has 18 heavy (non-hydrogen) atoms. The quantitative estimate of drug-likeness (QED) is 0.879. The molecule has 1 amide bonds. The van der Waals surface area contributed by atoms with E-state index in [-0.39, 0.29) is 5.91 Å². The van der Waals surface area contributed by atoms with Crippen LogP contribution in [0.1, 0.15) is 19.4 Å². The van der Waals surface area contributed by atoms with Crippen LogP contribution < -0.4 is 10.6 Å². The monoisotopic (exact) mass is 265 g/mol. The molecule has 0 aliphatic carbocycles. The lowest BCUT2D eigenvalue weighted by Gasteiger charge is -2.23. The van der Waals surface area contributed by atoms with Crippen LogP contribution in [-0.4, -0.2) is 19.5 Å². The van der Waals surface area contributed by atoms with Gasteiger partial charge in [0.25, 0.3) is 0 Å². The zero-order valence-corrected chi connectivity index (χ0v) is 11.4. The summed E-state index contributed by atoms with van der Waals surface area (Å²) in [5.74, 6) is -0.0326. The Morgan fingerprint density at radius 2 is 2.17 bits per heavy atom. The van der Waals surface area contributed by atoms with E-state index in [9.17, 15) is 4.79 Å². The van der Waals surface area contributed by atoms with E-state index >= 15 is 0 Å². The number of nitrogens with zero attached hydrogens (tertiary/aromatic N) is 1. The number of amides is 1. The molecule has 5 heteroatoms. The lowest BCUT2D eigenvalue weighted by molar-refractivity contribution is -0.128. The first-order chi connectivity index (χ1) is 8.40. The second-order valence-electron chi connectivity index (χ2n) is 4.62. The van der Waals surface area contributed by atoms with Gasteiger partial charge < -0.3 is 10.6 Å². The maximum absolute atomic E-state index is 11.6. The number of rotatable bonds is 4. The van der Waals surface area contributed by atoms with Gasteiger partial charge in [-0.1, -0.05) is 11.6 Å². The third kappa shape index (κ3) is 3.38. The van der Waals surface area contributed by atoms with Gasteiger partial charge in [0.05, 0.1) is 16.0 Å². The molecule has 0 aromatic heterocycles. The molecule has 0 radical (unpaired) electrons. The molecule has 0 heterocycles. The maximum Gasteiger partial charge on any atom is 0.227 e. The molecule has 96 valence electrons. The summed E-state index contributed by atoms with van der Waals surface area (Å²) in [7, 11) is 1.61. The van der Waals surface area contributed by atoms with Crippen molar-refractivity contribution in [1.82, 2.24) is 5.32 Å². The highest BCUT2D eigenvalue weighted by Gasteiger charge is 2.26. The van der Waals surface area contributed by atoms with Crippen LogP contribution in [0.5, 0.6) is 0 Å². The topological polar surface area (TPSA) is 64.9 Å². The summed E-state index contributed by atoms with van der Waals surface area (Å²) in [5.41, 5.74) is 0.707. The Morgan fingerprint density at radius 3 is 2.67 bits per heavy atom. The molecule has 0 atom stereocenters. The van der Waals surface area contributed by atoms with Gasteiger partial charge in [-0.25, -0.2) is 0 Å². The summed E-state index contributed by atoms with van der Waals surface area (Å²) >= 11 is 5.93. The van der Waals surface area contributed by atoms with Crippen molar-refractivity contribution in [3.8, 4) is 6.07 Å². The summed E-state index contributed by atoms with van der Waals surface area (Å²) in [6, 6.07) is 7.10. The van der Waals surface area contributed by atoms with E-state index in [1.165, 1.54) is 0 Å². The predicted octanol–water partition coefficient (Wildman–Crippen LogP) is 2.40. The van der Waals surface area contributed by atoms with Crippen LogP contribution in [0.2, 0.25) is 5.02 Å². The summed E-state index contributed by atoms with van der Waals surface area (Å²) < 4.78 is 0. The van der Waals surface area contributed by atoms with Crippen LogP contribution in [0.15, 0.2) is 18.2 Å². The Bertz CT molecular complexity index is 491. The summed E-state index contributed by atoms with van der Waals surface area (Å²) in [4.78, 5) is 11.6. The van der Waals surface area contributed by atoms with Crippen molar-refractivity contribution in [2.24, 2.45) is 5.41 Å². The van der Waals surface area contributed by atoms with E-state index in [0.29, 0.717) is 17.1 Å². The van der Waals surface area contributed by atoms with E-state index in [2.05, 4.69) is 10.6 Å². The second-order valence-corrected chi connectivity index (χ2v) is 5.03. The van der Waals surface area contributed by atoms with Crippen LogP contribution in [-0.2, 0) is 4.79 Å². The van der Waals surface area contributed by atoms with Gasteiger partial charge >= 0.3 is 0 Å². The van der Waals surface area contributed by atoms with Crippen molar-refractivity contribution < 1.29 is 4.79 Å². The highest BCUT2D eigenvalue weighted by atomic mass is 35.5. The van der Waals surface area contributed by atoms with E-state index in [1.807, 2.05) is 19.9 Å². The Kier molecular flexibility index (Phi) is 4.57. The molecule has 1 rings (SSSR count). The van der Waals surface area contributed by atoms with E-state index < -0.39 is 5.41 Å². The molecule has 1 aromatic rings. The minimum Gasteiger partial charge on any atom is -0.384 e. The molecule has 4 nitrogen and oxygen atoms in total. The highest BCUT2D eigenvalue weighted by molar-refractivity contribution is 6.32. The van der Waals surface area contributed by atoms with Crippen LogP contribution in [0.3, 0.4) is 0 Å². The minimum absolute atomic E-state index is 0.0326. The van der Waals surface area contributed by atoms with Crippen LogP contribution in [0, 0.1) is 16.7 Å². The molecular formula is C13H16ClN3O. The molecule has 1 aromatic carbocycles. The fourth-order valence-corrected chi connectivity index (χ4v) is 1.68. The molecule has 0 saturated carbocycles. The molecule has 0 saturated heterocycles. The number of carbonyl (C=O) groups is 1. The molecule has 0 bridgehead atoms. The Hall–Kier alpha value is -1.73. The third-order valence-electron chi connectivity index (χ3n) is 2.67. The van der Waals surface area contributed by atoms with Crippen molar-refractivity contribution in [3.63, 3.8) is 0 Å². The van der Waals surface area contributed by atoms with Crippen LogP contribution in [0.25, 0.3) is 0 Å². The van der Waals surface area contributed by atoms with Crippen LogP contribution in [0.4, 0.5) is 5.69 Å². The van der Waals surface area contributed by atoms with Crippen LogP contribution >= 0.6 is 11.6 Å². The lowest BCUT2D eigenvalue weighted by Crippen LogP contribution is -2.39. The average molecular weight is 266 g/mol. The number of benzene rings is 1. The van der Waals surface area contributed by atoms with Gasteiger partial charge in [-0.3, -0.25) is 4.79 Å². The fourth-order valence-electron chi connectivity index (χ4n) is 1.46. The molecule has 0 unspecified atom stereocenters. The highest BCUT2D eigenvalue weighted by Crippen LogP contribution is 2.22. The number of nitrogens with one attached hydrogen (secondary N) is 2. The standard InChI is InChI=1S/C13H16ClN3O/c1-13(2,12(18)16-3)8-17-10-5-4-9(7-15)11(14)6-10/h4-6,17H,8H2,1-3H3,(H,16,18). The van der Waals surface area contributed by atoms with Crippen molar-refractivity contribution in [3.05, 3.63) is 28.8 Å². The fraction of sp³-hybridized carbons (Fsp3) is 0.385. The molecule has 2 N–H and O–H groups in total. The second kappa shape index (κ2) is 5.74. The Morgan fingerprint density at radius 1 is 1.50 bits per heavy atom. The van der Waals surface area contributed by atoms with E-state index in [1.54, 1.807) is 25.2 Å². The molecule has 0 fully saturated rings. The summed E-state index contributed by atoms with van der Waals surface area (Å²) in [6.45, 7) is 4.18. The number of hydrogen-bond acceptors (Lipinski definition) is 3. The van der Waals surface area contributed by atoms with Gasteiger partial charge in [0.2, 0.25) is 5.91 Å². The van der Waals surface area contributed by atoms with Gasteiger partial charge in [0.15, 0.2) is 0 Å². The summed E-state index contributed by atoms with van der Waals surface area (Å²) in [5, 5.41) is 14.9. The number of anilines is 1. The molecule has 0 aliphatic rings. The molecular weight excluding hydrogens is 250 g/mol. The first kappa shape index (κ1) is 14.3. The third-order valence-corrected chi connectivity index (χ3v) is 2.98. The van der Waals surface area contributed by atoms with Gasteiger partial charge in [-0.2, -0.15) is 5.26 Å². The van der Waals surface area contributed by atoms with E-state index in [0.717, 1.165) is 5.69 Å².